The zero-order valence-electron chi connectivity index (χ0n) is 22.4. The van der Waals surface area contributed by atoms with Crippen molar-refractivity contribution in [2.45, 2.75) is 75.8 Å². The van der Waals surface area contributed by atoms with E-state index in [0.717, 1.165) is 19.2 Å². The van der Waals surface area contributed by atoms with Gasteiger partial charge in [-0.3, -0.25) is 9.48 Å². The molecule has 1 heterocycles. The van der Waals surface area contributed by atoms with Crippen LogP contribution in [0.1, 0.15) is 49.2 Å². The van der Waals surface area contributed by atoms with E-state index in [9.17, 15) is 45.4 Å². The van der Waals surface area contributed by atoms with E-state index in [1.54, 1.807) is 6.92 Å². The van der Waals surface area contributed by atoms with Crippen molar-refractivity contribution < 1.29 is 50.1 Å². The van der Waals surface area contributed by atoms with Crippen molar-refractivity contribution in [2.75, 3.05) is 12.8 Å². The summed E-state index contributed by atoms with van der Waals surface area (Å²) < 4.78 is 95.1. The number of ether oxygens (including phenoxy) is 1. The Morgan fingerprint density at radius 1 is 1.34 bits per heavy atom. The third-order valence-corrected chi connectivity index (χ3v) is 9.19. The van der Waals surface area contributed by atoms with Crippen LogP contribution in [0.3, 0.4) is 0 Å². The second-order valence-corrected chi connectivity index (χ2v) is 12.9. The molecule has 230 valence electrons. The van der Waals surface area contributed by atoms with Gasteiger partial charge in [0.2, 0.25) is 0 Å². The predicted molar refractivity (Wildman–Crippen MR) is 140 cm³/mol. The van der Waals surface area contributed by atoms with Gasteiger partial charge in [-0.05, 0) is 50.3 Å². The standard InChI is InChI=1S/C25H31ClF5N3O6S/c1-4-34-21(16-6-5-14(9-13(2)25(29,30)31)10-17(16)40-23(27)28)19(26)20(33-34)22(36)32-12-24(37)8-7-15(11-18(24)35)41(3,38)39/h5-6,10,13,15,18,23,35,37H,4,7-9,11-12H2,1-3H3,(H,32,36)/t13-,15+,18+,24+/m1/s1. The highest BCUT2D eigenvalue weighted by Crippen LogP contribution is 2.39. The third kappa shape index (κ3) is 7.67. The van der Waals surface area contributed by atoms with E-state index in [1.165, 1.54) is 16.8 Å². The van der Waals surface area contributed by atoms with Crippen LogP contribution < -0.4 is 10.1 Å². The van der Waals surface area contributed by atoms with Crippen molar-refractivity contribution in [1.82, 2.24) is 15.1 Å². The number of hydrogen-bond donors (Lipinski definition) is 3. The first-order valence-electron chi connectivity index (χ1n) is 12.7. The Hall–Kier alpha value is -2.49. The Kier molecular flexibility index (Phi) is 9.98. The minimum atomic E-state index is -4.50. The minimum absolute atomic E-state index is 0.00204. The van der Waals surface area contributed by atoms with Crippen molar-refractivity contribution >= 4 is 27.3 Å². The van der Waals surface area contributed by atoms with Crippen LogP contribution in [0.25, 0.3) is 11.3 Å². The van der Waals surface area contributed by atoms with Crippen LogP contribution in [-0.4, -0.2) is 76.9 Å². The Balaban J connectivity index is 1.89. The maximum absolute atomic E-state index is 13.3. The molecular formula is C25H31ClF5N3O6S. The molecule has 1 aromatic carbocycles. The number of aryl methyl sites for hydroxylation is 1. The van der Waals surface area contributed by atoms with E-state index in [4.69, 9.17) is 11.6 Å². The number of rotatable bonds is 10. The molecule has 41 heavy (non-hydrogen) atoms. The maximum Gasteiger partial charge on any atom is 0.391 e. The Morgan fingerprint density at radius 3 is 2.54 bits per heavy atom. The van der Waals surface area contributed by atoms with E-state index >= 15 is 0 Å². The molecule has 1 saturated carbocycles. The van der Waals surface area contributed by atoms with Crippen LogP contribution in [0.15, 0.2) is 18.2 Å². The summed E-state index contributed by atoms with van der Waals surface area (Å²) in [4.78, 5) is 13.0. The lowest BCUT2D eigenvalue weighted by Crippen LogP contribution is -2.56. The topological polar surface area (TPSA) is 131 Å². The summed E-state index contributed by atoms with van der Waals surface area (Å²) in [5.74, 6) is -3.08. The fourth-order valence-electron chi connectivity index (χ4n) is 4.70. The van der Waals surface area contributed by atoms with Gasteiger partial charge in [-0.15, -0.1) is 0 Å². The van der Waals surface area contributed by atoms with Crippen LogP contribution >= 0.6 is 11.6 Å². The number of aliphatic hydroxyl groups is 2. The van der Waals surface area contributed by atoms with Crippen LogP contribution in [0.5, 0.6) is 5.75 Å². The molecule has 1 aliphatic carbocycles. The largest absolute Gasteiger partial charge is 0.434 e. The molecule has 1 amide bonds. The molecular weight excluding hydrogens is 601 g/mol. The van der Waals surface area contributed by atoms with Crippen LogP contribution in [-0.2, 0) is 22.8 Å². The first-order valence-corrected chi connectivity index (χ1v) is 15.0. The van der Waals surface area contributed by atoms with Crippen molar-refractivity contribution in [3.05, 3.63) is 34.5 Å². The summed E-state index contributed by atoms with van der Waals surface area (Å²) >= 11 is 6.47. The second-order valence-electron chi connectivity index (χ2n) is 10.2. The Morgan fingerprint density at radius 2 is 2.00 bits per heavy atom. The third-order valence-electron chi connectivity index (χ3n) is 7.19. The average molecular weight is 632 g/mol. The molecule has 1 aliphatic rings. The molecule has 0 spiro atoms. The summed E-state index contributed by atoms with van der Waals surface area (Å²) in [5, 5.41) is 26.7. The quantitative estimate of drug-likeness (QED) is 0.338. The van der Waals surface area contributed by atoms with Crippen molar-refractivity contribution in [1.29, 1.82) is 0 Å². The molecule has 0 bridgehead atoms. The molecule has 9 nitrogen and oxygen atoms in total. The molecule has 3 rings (SSSR count). The molecule has 0 unspecified atom stereocenters. The van der Waals surface area contributed by atoms with Crippen LogP contribution in [0, 0.1) is 5.92 Å². The summed E-state index contributed by atoms with van der Waals surface area (Å²) in [6.07, 6.45) is -5.64. The molecule has 0 saturated heterocycles. The maximum atomic E-state index is 13.3. The number of alkyl halides is 5. The molecule has 3 N–H and O–H groups in total. The van der Waals surface area contributed by atoms with Crippen LogP contribution in [0.2, 0.25) is 5.02 Å². The Labute approximate surface area is 238 Å². The Bertz CT molecular complexity index is 1370. The predicted octanol–water partition coefficient (Wildman–Crippen LogP) is 3.98. The SMILES string of the molecule is CCn1nc(C(=O)NC[C@@]2(O)CC[C@H](S(C)(=O)=O)C[C@@H]2O)c(Cl)c1-c1ccc(C[C@@H](C)C(F)(F)F)cc1OC(F)F. The van der Waals surface area contributed by atoms with E-state index in [-0.39, 0.29) is 53.3 Å². The van der Waals surface area contributed by atoms with Gasteiger partial charge < -0.3 is 20.3 Å². The fourth-order valence-corrected chi connectivity index (χ4v) is 6.10. The number of nitrogens with one attached hydrogen (secondary N) is 1. The summed E-state index contributed by atoms with van der Waals surface area (Å²) in [7, 11) is -3.44. The fraction of sp³-hybridized carbons (Fsp3) is 0.600. The number of amides is 1. The normalized spacial score (nSPS) is 22.5. The first-order chi connectivity index (χ1) is 18.9. The average Bonchev–Trinajstić information content (AvgIpc) is 3.19. The van der Waals surface area contributed by atoms with Gasteiger partial charge in [-0.2, -0.15) is 27.1 Å². The highest BCUT2D eigenvalue weighted by atomic mass is 35.5. The number of carbonyl (C=O) groups is 1. The molecule has 0 radical (unpaired) electrons. The molecule has 16 heteroatoms. The van der Waals surface area contributed by atoms with Gasteiger partial charge in [0.05, 0.1) is 28.0 Å². The van der Waals surface area contributed by atoms with Crippen molar-refractivity contribution in [3.8, 4) is 17.0 Å². The number of carbonyl (C=O) groups excluding carboxylic acids is 1. The molecule has 0 aliphatic heterocycles. The molecule has 1 fully saturated rings. The van der Waals surface area contributed by atoms with Gasteiger partial charge in [-0.25, -0.2) is 8.42 Å². The van der Waals surface area contributed by atoms with Gasteiger partial charge in [0.25, 0.3) is 5.91 Å². The van der Waals surface area contributed by atoms with Gasteiger partial charge >= 0.3 is 12.8 Å². The number of benzene rings is 1. The zero-order valence-corrected chi connectivity index (χ0v) is 24.0. The second kappa shape index (κ2) is 12.4. The van der Waals surface area contributed by atoms with Crippen LogP contribution in [0.4, 0.5) is 22.0 Å². The number of hydrogen-bond acceptors (Lipinski definition) is 7. The number of nitrogens with zero attached hydrogens (tertiary/aromatic N) is 2. The summed E-state index contributed by atoms with van der Waals surface area (Å²) in [6.45, 7) is -1.07. The van der Waals surface area contributed by atoms with Crippen molar-refractivity contribution in [3.63, 3.8) is 0 Å². The number of aromatic nitrogens is 2. The van der Waals surface area contributed by atoms with E-state index in [2.05, 4.69) is 15.2 Å². The molecule has 2 aromatic rings. The van der Waals surface area contributed by atoms with E-state index in [1.807, 2.05) is 0 Å². The van der Waals surface area contributed by atoms with Gasteiger partial charge in [0.15, 0.2) is 5.69 Å². The number of sulfone groups is 1. The number of aliphatic hydroxyl groups excluding tert-OH is 1. The van der Waals surface area contributed by atoms with Gasteiger partial charge in [0.1, 0.15) is 21.2 Å². The first kappa shape index (κ1) is 33.0. The highest BCUT2D eigenvalue weighted by molar-refractivity contribution is 7.91. The highest BCUT2D eigenvalue weighted by Gasteiger charge is 2.44. The molecule has 4 atom stereocenters. The lowest BCUT2D eigenvalue weighted by Gasteiger charge is -2.39. The van der Waals surface area contributed by atoms with E-state index in [0.29, 0.717) is 0 Å². The summed E-state index contributed by atoms with van der Waals surface area (Å²) in [6, 6.07) is 3.62. The lowest BCUT2D eigenvalue weighted by atomic mass is 9.82. The smallest absolute Gasteiger partial charge is 0.391 e. The van der Waals surface area contributed by atoms with E-state index < -0.39 is 70.1 Å². The minimum Gasteiger partial charge on any atom is -0.434 e. The zero-order chi connectivity index (χ0) is 30.9. The number of halogens is 6. The van der Waals surface area contributed by atoms with Gasteiger partial charge in [0, 0.05) is 24.9 Å². The van der Waals surface area contributed by atoms with Gasteiger partial charge in [-0.1, -0.05) is 24.6 Å². The van der Waals surface area contributed by atoms with Crippen molar-refractivity contribution in [2.24, 2.45) is 5.92 Å². The molecule has 1 aromatic heterocycles. The summed E-state index contributed by atoms with van der Waals surface area (Å²) in [5.41, 5.74) is -2.12. The monoisotopic (exact) mass is 631 g/mol. The lowest BCUT2D eigenvalue weighted by molar-refractivity contribution is -0.169.